The first-order chi connectivity index (χ1) is 7.83. The van der Waals surface area contributed by atoms with Crippen LogP contribution >= 0.6 is 11.3 Å². The highest BCUT2D eigenvalue weighted by atomic mass is 32.1. The maximum Gasteiger partial charge on any atom is 0.180 e. The molecule has 0 aliphatic rings. The molecular weight excluding hydrogens is 224 g/mol. The maximum absolute atomic E-state index is 5.57. The Hall–Kier alpha value is -2.02. The topological polar surface area (TPSA) is 82.0 Å². The molecule has 6 nitrogen and oxygen atoms in total. The van der Waals surface area contributed by atoms with Crippen molar-refractivity contribution in [1.29, 1.82) is 0 Å². The molecule has 0 saturated heterocycles. The molecule has 3 rings (SSSR count). The molecule has 0 bridgehead atoms. The Balaban J connectivity index is 2.00. The van der Waals surface area contributed by atoms with Crippen molar-refractivity contribution in [3.8, 4) is 0 Å². The van der Waals surface area contributed by atoms with Gasteiger partial charge < -0.3 is 5.73 Å². The van der Waals surface area contributed by atoms with Gasteiger partial charge in [0.1, 0.15) is 0 Å². The summed E-state index contributed by atoms with van der Waals surface area (Å²) < 4.78 is 1.70. The summed E-state index contributed by atoms with van der Waals surface area (Å²) in [6.07, 6.45) is 2.29. The second-order valence-electron chi connectivity index (χ2n) is 3.26. The Morgan fingerprint density at radius 1 is 1.38 bits per heavy atom. The van der Waals surface area contributed by atoms with Crippen LogP contribution in [0.1, 0.15) is 11.5 Å². The van der Waals surface area contributed by atoms with Crippen LogP contribution in [0.25, 0.3) is 5.65 Å². The van der Waals surface area contributed by atoms with Gasteiger partial charge in [-0.3, -0.25) is 0 Å². The molecule has 3 aromatic rings. The van der Waals surface area contributed by atoms with Crippen molar-refractivity contribution in [2.24, 2.45) is 0 Å². The third-order valence-electron chi connectivity index (χ3n) is 2.15. The van der Waals surface area contributed by atoms with Crippen LogP contribution in [-0.2, 0) is 6.42 Å². The number of fused-ring (bicyclic) bond motifs is 1. The second kappa shape index (κ2) is 3.53. The average Bonchev–Trinajstić information content (AvgIpc) is 2.87. The molecule has 0 fully saturated rings. The van der Waals surface area contributed by atoms with Crippen LogP contribution in [0.4, 0.5) is 5.13 Å². The number of hydrogen-bond donors (Lipinski definition) is 1. The lowest BCUT2D eigenvalue weighted by molar-refractivity contribution is 0.830. The predicted molar refractivity (Wildman–Crippen MR) is 60.1 cm³/mol. The van der Waals surface area contributed by atoms with Crippen LogP contribution in [0.5, 0.6) is 0 Å². The Labute approximate surface area is 94.8 Å². The standard InChI is InChI=1S/C9H8N6S/c10-9-12-6(5-16-9)4-8-14-13-7-2-1-3-11-15(7)8/h1-3,5H,4H2,(H2,10,12). The van der Waals surface area contributed by atoms with Crippen LogP contribution in [0, 0.1) is 0 Å². The fraction of sp³-hybridized carbons (Fsp3) is 0.111. The summed E-state index contributed by atoms with van der Waals surface area (Å²) in [4.78, 5) is 4.18. The van der Waals surface area contributed by atoms with Gasteiger partial charge in [0.15, 0.2) is 16.6 Å². The Bertz CT molecular complexity index is 628. The summed E-state index contributed by atoms with van der Waals surface area (Å²) in [7, 11) is 0. The Morgan fingerprint density at radius 2 is 2.31 bits per heavy atom. The van der Waals surface area contributed by atoms with Crippen LogP contribution in [-0.4, -0.2) is 24.8 Å². The van der Waals surface area contributed by atoms with Gasteiger partial charge in [0.25, 0.3) is 0 Å². The minimum atomic E-state index is 0.566. The Kier molecular flexibility index (Phi) is 2.03. The van der Waals surface area contributed by atoms with E-state index in [2.05, 4.69) is 20.3 Å². The van der Waals surface area contributed by atoms with E-state index in [9.17, 15) is 0 Å². The van der Waals surface area contributed by atoms with Gasteiger partial charge in [-0.15, -0.1) is 21.5 Å². The van der Waals surface area contributed by atoms with Crippen molar-refractivity contribution in [1.82, 2.24) is 24.8 Å². The van der Waals surface area contributed by atoms with E-state index in [1.165, 1.54) is 11.3 Å². The lowest BCUT2D eigenvalue weighted by Gasteiger charge is -1.94. The number of rotatable bonds is 2. The highest BCUT2D eigenvalue weighted by molar-refractivity contribution is 7.13. The van der Waals surface area contributed by atoms with Crippen molar-refractivity contribution in [2.75, 3.05) is 5.73 Å². The molecule has 16 heavy (non-hydrogen) atoms. The number of thiazole rings is 1. The molecular formula is C9H8N6S. The molecule has 3 heterocycles. The third-order valence-corrected chi connectivity index (χ3v) is 2.87. The van der Waals surface area contributed by atoms with E-state index in [-0.39, 0.29) is 0 Å². The van der Waals surface area contributed by atoms with Crippen molar-refractivity contribution >= 4 is 22.1 Å². The van der Waals surface area contributed by atoms with E-state index >= 15 is 0 Å². The van der Waals surface area contributed by atoms with E-state index in [0.29, 0.717) is 11.6 Å². The van der Waals surface area contributed by atoms with E-state index < -0.39 is 0 Å². The first kappa shape index (κ1) is 9.22. The van der Waals surface area contributed by atoms with Crippen molar-refractivity contribution in [2.45, 2.75) is 6.42 Å². The molecule has 0 radical (unpaired) electrons. The Morgan fingerprint density at radius 3 is 3.12 bits per heavy atom. The van der Waals surface area contributed by atoms with Crippen molar-refractivity contribution in [3.05, 3.63) is 35.2 Å². The molecule has 0 saturated carbocycles. The maximum atomic E-state index is 5.57. The molecule has 0 aliphatic heterocycles. The zero-order valence-electron chi connectivity index (χ0n) is 8.24. The van der Waals surface area contributed by atoms with Crippen LogP contribution in [0.2, 0.25) is 0 Å². The minimum absolute atomic E-state index is 0.566. The molecule has 3 aromatic heterocycles. The lowest BCUT2D eigenvalue weighted by atomic mass is 10.3. The van der Waals surface area contributed by atoms with Crippen molar-refractivity contribution < 1.29 is 0 Å². The fourth-order valence-corrected chi connectivity index (χ4v) is 2.03. The van der Waals surface area contributed by atoms with Gasteiger partial charge in [-0.1, -0.05) is 0 Å². The van der Waals surface area contributed by atoms with E-state index in [4.69, 9.17) is 5.73 Å². The summed E-state index contributed by atoms with van der Waals surface area (Å²) in [5, 5.41) is 14.8. The number of nitrogens with two attached hydrogens (primary N) is 1. The molecule has 0 atom stereocenters. The summed E-state index contributed by atoms with van der Waals surface area (Å²) in [6, 6.07) is 3.69. The lowest BCUT2D eigenvalue weighted by Crippen LogP contribution is -1.99. The summed E-state index contributed by atoms with van der Waals surface area (Å²) in [5.74, 6) is 0.765. The summed E-state index contributed by atoms with van der Waals surface area (Å²) >= 11 is 1.42. The number of hydrogen-bond acceptors (Lipinski definition) is 6. The average molecular weight is 232 g/mol. The summed E-state index contributed by atoms with van der Waals surface area (Å²) in [6.45, 7) is 0. The van der Waals surface area contributed by atoms with Gasteiger partial charge in [0.05, 0.1) is 12.1 Å². The van der Waals surface area contributed by atoms with Crippen LogP contribution in [0.15, 0.2) is 23.7 Å². The number of nitrogens with zero attached hydrogens (tertiary/aromatic N) is 5. The zero-order chi connectivity index (χ0) is 11.0. The van der Waals surface area contributed by atoms with Gasteiger partial charge in [-0.25, -0.2) is 4.98 Å². The van der Waals surface area contributed by atoms with E-state index in [1.807, 2.05) is 17.5 Å². The smallest absolute Gasteiger partial charge is 0.180 e. The van der Waals surface area contributed by atoms with Crippen molar-refractivity contribution in [3.63, 3.8) is 0 Å². The molecule has 2 N–H and O–H groups in total. The molecule has 0 aliphatic carbocycles. The van der Waals surface area contributed by atoms with Crippen LogP contribution in [0.3, 0.4) is 0 Å². The normalized spacial score (nSPS) is 11.0. The second-order valence-corrected chi connectivity index (χ2v) is 4.15. The predicted octanol–water partition coefficient (Wildman–Crippen LogP) is 0.754. The number of aromatic nitrogens is 5. The van der Waals surface area contributed by atoms with Gasteiger partial charge >= 0.3 is 0 Å². The SMILES string of the molecule is Nc1nc(Cc2nnc3cccnn23)cs1. The molecule has 0 spiro atoms. The highest BCUT2D eigenvalue weighted by Crippen LogP contribution is 2.14. The quantitative estimate of drug-likeness (QED) is 0.705. The highest BCUT2D eigenvalue weighted by Gasteiger charge is 2.08. The number of nitrogen functional groups attached to an aromatic ring is 1. The molecule has 7 heteroatoms. The molecule has 0 amide bonds. The molecule has 0 unspecified atom stereocenters. The first-order valence-electron chi connectivity index (χ1n) is 4.68. The zero-order valence-corrected chi connectivity index (χ0v) is 9.05. The largest absolute Gasteiger partial charge is 0.375 e. The van der Waals surface area contributed by atoms with Gasteiger partial charge in [-0.2, -0.15) is 9.61 Å². The van der Waals surface area contributed by atoms with Gasteiger partial charge in [0, 0.05) is 11.6 Å². The third kappa shape index (κ3) is 1.50. The van der Waals surface area contributed by atoms with Gasteiger partial charge in [0.2, 0.25) is 0 Å². The first-order valence-corrected chi connectivity index (χ1v) is 5.56. The van der Waals surface area contributed by atoms with Crippen LogP contribution < -0.4 is 5.73 Å². The fourth-order valence-electron chi connectivity index (χ4n) is 1.47. The minimum Gasteiger partial charge on any atom is -0.375 e. The van der Waals surface area contributed by atoms with E-state index in [1.54, 1.807) is 10.7 Å². The summed E-state index contributed by atoms with van der Waals surface area (Å²) in [5.41, 5.74) is 7.20. The van der Waals surface area contributed by atoms with Gasteiger partial charge in [-0.05, 0) is 12.1 Å². The van der Waals surface area contributed by atoms with E-state index in [0.717, 1.165) is 17.2 Å². The molecule has 0 aromatic carbocycles. The monoisotopic (exact) mass is 232 g/mol. The molecule has 80 valence electrons. The number of anilines is 1.